The van der Waals surface area contributed by atoms with Gasteiger partial charge in [-0.3, -0.25) is 5.41 Å². The number of aromatic nitrogens is 3. The van der Waals surface area contributed by atoms with Gasteiger partial charge in [-0.25, -0.2) is 9.67 Å². The van der Waals surface area contributed by atoms with Crippen LogP contribution in [0.25, 0.3) is 0 Å². The predicted molar refractivity (Wildman–Crippen MR) is 67.3 cm³/mol. The second-order valence-corrected chi connectivity index (χ2v) is 4.61. The summed E-state index contributed by atoms with van der Waals surface area (Å²) in [6.07, 6.45) is 1.51. The van der Waals surface area contributed by atoms with Gasteiger partial charge in [0.2, 0.25) is 0 Å². The molecule has 0 radical (unpaired) electrons. The molecule has 5 nitrogen and oxygen atoms in total. The summed E-state index contributed by atoms with van der Waals surface area (Å²) in [7, 11) is 1.83. The van der Waals surface area contributed by atoms with Gasteiger partial charge in [0, 0.05) is 17.5 Å². The van der Waals surface area contributed by atoms with Crippen molar-refractivity contribution >= 4 is 17.6 Å². The van der Waals surface area contributed by atoms with Gasteiger partial charge in [0.15, 0.2) is 5.16 Å². The average molecular weight is 247 g/mol. The third-order valence-electron chi connectivity index (χ3n) is 2.37. The molecule has 0 aliphatic carbocycles. The van der Waals surface area contributed by atoms with Gasteiger partial charge in [0.25, 0.3) is 0 Å². The molecular formula is C11H13N5S. The molecule has 0 bridgehead atoms. The van der Waals surface area contributed by atoms with Crippen LogP contribution in [-0.2, 0) is 7.05 Å². The summed E-state index contributed by atoms with van der Waals surface area (Å²) in [6.45, 7) is 1.99. The summed E-state index contributed by atoms with van der Waals surface area (Å²) in [4.78, 5) is 5.11. The van der Waals surface area contributed by atoms with Crippen molar-refractivity contribution in [1.29, 1.82) is 5.41 Å². The van der Waals surface area contributed by atoms with E-state index in [1.54, 1.807) is 4.68 Å². The Kier molecular flexibility index (Phi) is 3.14. The van der Waals surface area contributed by atoms with E-state index in [1.807, 2.05) is 32.2 Å². The van der Waals surface area contributed by atoms with Gasteiger partial charge in [-0.2, -0.15) is 5.10 Å². The number of rotatable bonds is 3. The standard InChI is InChI=1S/C11H13N5S/c1-7-4-3-5-8(10(12)13)9(7)17-11-14-6-15-16(11)2/h3-6H,1-2H3,(H3,12,13). The smallest absolute Gasteiger partial charge is 0.190 e. The quantitative estimate of drug-likeness (QED) is 0.637. The molecule has 0 saturated heterocycles. The summed E-state index contributed by atoms with van der Waals surface area (Å²) in [5, 5.41) is 12.4. The Morgan fingerprint density at radius 1 is 1.47 bits per heavy atom. The van der Waals surface area contributed by atoms with Crippen molar-refractivity contribution in [3.8, 4) is 0 Å². The van der Waals surface area contributed by atoms with Crippen molar-refractivity contribution in [3.05, 3.63) is 35.7 Å². The lowest BCUT2D eigenvalue weighted by atomic mass is 10.1. The minimum atomic E-state index is 0.0679. The Hall–Kier alpha value is -1.82. The molecule has 0 saturated carbocycles. The number of aryl methyl sites for hydroxylation is 2. The fourth-order valence-corrected chi connectivity index (χ4v) is 2.45. The molecule has 2 aromatic rings. The minimum absolute atomic E-state index is 0.0679. The van der Waals surface area contributed by atoms with Crippen LogP contribution in [0.2, 0.25) is 0 Å². The minimum Gasteiger partial charge on any atom is -0.384 e. The van der Waals surface area contributed by atoms with Crippen molar-refractivity contribution in [1.82, 2.24) is 14.8 Å². The van der Waals surface area contributed by atoms with E-state index in [4.69, 9.17) is 11.1 Å². The first-order valence-corrected chi connectivity index (χ1v) is 5.87. The van der Waals surface area contributed by atoms with Crippen LogP contribution in [0.5, 0.6) is 0 Å². The van der Waals surface area contributed by atoms with E-state index in [2.05, 4.69) is 10.1 Å². The molecule has 0 fully saturated rings. The van der Waals surface area contributed by atoms with Crippen LogP contribution in [0.15, 0.2) is 34.6 Å². The van der Waals surface area contributed by atoms with E-state index in [1.165, 1.54) is 18.1 Å². The first-order chi connectivity index (χ1) is 8.09. The van der Waals surface area contributed by atoms with Crippen LogP contribution in [0, 0.1) is 12.3 Å². The maximum absolute atomic E-state index is 7.58. The van der Waals surface area contributed by atoms with E-state index in [9.17, 15) is 0 Å². The lowest BCUT2D eigenvalue weighted by Gasteiger charge is -2.10. The molecule has 0 aliphatic heterocycles. The number of nitrogens with two attached hydrogens (primary N) is 1. The summed E-state index contributed by atoms with van der Waals surface area (Å²) >= 11 is 1.47. The van der Waals surface area contributed by atoms with E-state index in [0.29, 0.717) is 0 Å². The molecule has 0 spiro atoms. The van der Waals surface area contributed by atoms with Crippen LogP contribution in [0.4, 0.5) is 0 Å². The highest BCUT2D eigenvalue weighted by Gasteiger charge is 2.12. The Morgan fingerprint density at radius 3 is 2.82 bits per heavy atom. The van der Waals surface area contributed by atoms with Crippen molar-refractivity contribution in [2.45, 2.75) is 17.0 Å². The fourth-order valence-electron chi connectivity index (χ4n) is 1.47. The van der Waals surface area contributed by atoms with Crippen LogP contribution in [-0.4, -0.2) is 20.6 Å². The maximum atomic E-state index is 7.58. The van der Waals surface area contributed by atoms with Crippen molar-refractivity contribution in [2.75, 3.05) is 0 Å². The summed E-state index contributed by atoms with van der Waals surface area (Å²) < 4.78 is 1.70. The van der Waals surface area contributed by atoms with Gasteiger partial charge in [-0.05, 0) is 24.2 Å². The van der Waals surface area contributed by atoms with Gasteiger partial charge < -0.3 is 5.73 Å². The first-order valence-electron chi connectivity index (χ1n) is 5.05. The van der Waals surface area contributed by atoms with Crippen LogP contribution in [0.3, 0.4) is 0 Å². The SMILES string of the molecule is Cc1cccc(C(=N)N)c1Sc1ncnn1C. The fraction of sp³-hybridized carbons (Fsp3) is 0.182. The summed E-state index contributed by atoms with van der Waals surface area (Å²) in [5.74, 6) is 0.0679. The molecule has 1 heterocycles. The van der Waals surface area contributed by atoms with Crippen LogP contribution < -0.4 is 5.73 Å². The largest absolute Gasteiger partial charge is 0.384 e. The molecule has 17 heavy (non-hydrogen) atoms. The Balaban J connectivity index is 2.45. The molecule has 0 atom stereocenters. The third kappa shape index (κ3) is 2.31. The molecule has 3 N–H and O–H groups in total. The van der Waals surface area contributed by atoms with Gasteiger partial charge >= 0.3 is 0 Å². The second-order valence-electron chi connectivity index (χ2n) is 3.63. The van der Waals surface area contributed by atoms with E-state index < -0.39 is 0 Å². The molecule has 0 unspecified atom stereocenters. The maximum Gasteiger partial charge on any atom is 0.190 e. The highest BCUT2D eigenvalue weighted by molar-refractivity contribution is 7.99. The van der Waals surface area contributed by atoms with Crippen molar-refractivity contribution in [3.63, 3.8) is 0 Å². The number of hydrogen-bond acceptors (Lipinski definition) is 4. The number of nitrogen functional groups attached to an aromatic ring is 1. The molecule has 1 aromatic heterocycles. The third-order valence-corrected chi connectivity index (χ3v) is 3.66. The monoisotopic (exact) mass is 247 g/mol. The Morgan fingerprint density at radius 2 is 2.24 bits per heavy atom. The van der Waals surface area contributed by atoms with Gasteiger partial charge in [0.05, 0.1) is 0 Å². The summed E-state index contributed by atoms with van der Waals surface area (Å²) in [5.41, 5.74) is 7.39. The van der Waals surface area contributed by atoms with Crippen LogP contribution >= 0.6 is 11.8 Å². The van der Waals surface area contributed by atoms with Crippen LogP contribution in [0.1, 0.15) is 11.1 Å². The van der Waals surface area contributed by atoms with Gasteiger partial charge in [0.1, 0.15) is 12.2 Å². The van der Waals surface area contributed by atoms with Crippen molar-refractivity contribution in [2.24, 2.45) is 12.8 Å². The highest BCUT2D eigenvalue weighted by Crippen LogP contribution is 2.31. The van der Waals surface area contributed by atoms with Gasteiger partial charge in [-0.1, -0.05) is 18.2 Å². The van der Waals surface area contributed by atoms with Crippen molar-refractivity contribution < 1.29 is 0 Å². The first kappa shape index (κ1) is 11.7. The molecular weight excluding hydrogens is 234 g/mol. The molecule has 0 amide bonds. The van der Waals surface area contributed by atoms with E-state index >= 15 is 0 Å². The van der Waals surface area contributed by atoms with Gasteiger partial charge in [-0.15, -0.1) is 0 Å². The molecule has 6 heteroatoms. The number of benzene rings is 1. The normalized spacial score (nSPS) is 10.5. The predicted octanol–water partition coefficient (Wildman–Crippen LogP) is 1.56. The van der Waals surface area contributed by atoms with E-state index in [-0.39, 0.29) is 5.84 Å². The summed E-state index contributed by atoms with van der Waals surface area (Å²) in [6, 6.07) is 5.73. The number of nitrogens with one attached hydrogen (secondary N) is 1. The second kappa shape index (κ2) is 4.58. The topological polar surface area (TPSA) is 80.6 Å². The number of nitrogens with zero attached hydrogens (tertiary/aromatic N) is 3. The molecule has 88 valence electrons. The number of hydrogen-bond donors (Lipinski definition) is 2. The molecule has 2 rings (SSSR count). The Bertz CT molecular complexity index is 561. The van der Waals surface area contributed by atoms with E-state index in [0.717, 1.165) is 21.2 Å². The average Bonchev–Trinajstić information content (AvgIpc) is 2.67. The zero-order valence-electron chi connectivity index (χ0n) is 9.64. The molecule has 0 aliphatic rings. The zero-order chi connectivity index (χ0) is 12.4. The Labute approximate surface area is 104 Å². The molecule has 1 aromatic carbocycles. The zero-order valence-corrected chi connectivity index (χ0v) is 10.5. The lowest BCUT2D eigenvalue weighted by molar-refractivity contribution is 0.685. The number of amidine groups is 1. The lowest BCUT2D eigenvalue weighted by Crippen LogP contribution is -2.13. The highest BCUT2D eigenvalue weighted by atomic mass is 32.2.